The van der Waals surface area contributed by atoms with Gasteiger partial charge in [0, 0.05) is 0 Å². The number of benzene rings is 1. The van der Waals surface area contributed by atoms with Crippen molar-refractivity contribution in [2.45, 2.75) is 13.3 Å². The maximum atomic E-state index is 10.4. The maximum absolute atomic E-state index is 10.4. The maximum Gasteiger partial charge on any atom is 0.368 e. The first-order chi connectivity index (χ1) is 7.15. The second-order valence-electron chi connectivity index (χ2n) is 2.83. The average molecular weight is 227 g/mol. The van der Waals surface area contributed by atoms with Crippen LogP contribution in [0, 0.1) is 0 Å². The number of hydrogen-bond acceptors (Lipinski definition) is 3. The van der Waals surface area contributed by atoms with E-state index in [1.54, 1.807) is 0 Å². The summed E-state index contributed by atoms with van der Waals surface area (Å²) in [5.41, 5.74) is 4.44. The van der Waals surface area contributed by atoms with Crippen LogP contribution in [0.3, 0.4) is 0 Å². The van der Waals surface area contributed by atoms with E-state index in [-0.39, 0.29) is 0 Å². The van der Waals surface area contributed by atoms with Gasteiger partial charge in [0.1, 0.15) is 0 Å². The van der Waals surface area contributed by atoms with E-state index in [1.165, 1.54) is 0 Å². The molecule has 0 fully saturated rings. The van der Waals surface area contributed by atoms with E-state index in [1.807, 2.05) is 31.2 Å². The fourth-order valence-electron chi connectivity index (χ4n) is 1.09. The quantitative estimate of drug-likeness (QED) is 0.612. The number of carboxylic acid groups (broad SMARTS) is 1. The molecule has 2 N–H and O–H groups in total. The number of carbonyl (C=O) groups is 1. The summed E-state index contributed by atoms with van der Waals surface area (Å²) < 4.78 is 0. The van der Waals surface area contributed by atoms with Crippen LogP contribution < -0.4 is 5.43 Å². The minimum atomic E-state index is -1.25. The molecule has 0 radical (unpaired) electrons. The second-order valence-corrected chi connectivity index (χ2v) is 3.19. The van der Waals surface area contributed by atoms with Gasteiger partial charge in [0.2, 0.25) is 5.17 Å². The zero-order chi connectivity index (χ0) is 11.3. The van der Waals surface area contributed by atoms with Gasteiger partial charge >= 0.3 is 5.97 Å². The predicted molar refractivity (Wildman–Crippen MR) is 60.4 cm³/mol. The van der Waals surface area contributed by atoms with E-state index in [4.69, 9.17) is 16.7 Å². The minimum Gasteiger partial charge on any atom is -0.476 e. The Hall–Kier alpha value is -1.55. The third-order valence-corrected chi connectivity index (χ3v) is 2.10. The lowest BCUT2D eigenvalue weighted by Crippen LogP contribution is -2.08. The molecular formula is C10H11ClN2O2. The third-order valence-electron chi connectivity index (χ3n) is 1.85. The molecule has 0 saturated carbocycles. The molecule has 0 aromatic heterocycles. The van der Waals surface area contributed by atoms with Crippen molar-refractivity contribution in [2.24, 2.45) is 5.10 Å². The molecule has 1 rings (SSSR count). The van der Waals surface area contributed by atoms with E-state index < -0.39 is 11.1 Å². The topological polar surface area (TPSA) is 61.7 Å². The molecule has 1 aromatic rings. The van der Waals surface area contributed by atoms with Gasteiger partial charge in [0.25, 0.3) is 0 Å². The fraction of sp³-hybridized carbons (Fsp3) is 0.200. The molecule has 0 aliphatic heterocycles. The molecule has 0 bridgehead atoms. The summed E-state index contributed by atoms with van der Waals surface area (Å²) in [5, 5.41) is 11.5. The number of aliphatic carboxylic acids is 1. The number of halogens is 1. The highest BCUT2D eigenvalue weighted by atomic mass is 35.5. The zero-order valence-corrected chi connectivity index (χ0v) is 8.95. The lowest BCUT2D eigenvalue weighted by molar-refractivity contribution is -0.129. The van der Waals surface area contributed by atoms with Crippen LogP contribution >= 0.6 is 11.6 Å². The molecule has 0 spiro atoms. The summed E-state index contributed by atoms with van der Waals surface area (Å²) in [6, 6.07) is 7.50. The van der Waals surface area contributed by atoms with Gasteiger partial charge in [-0.05, 0) is 18.1 Å². The minimum absolute atomic E-state index is 0.485. The number of nitrogens with one attached hydrogen (secondary N) is 1. The van der Waals surface area contributed by atoms with Gasteiger partial charge in [-0.25, -0.2) is 4.79 Å². The lowest BCUT2D eigenvalue weighted by Gasteiger charge is -2.05. The van der Waals surface area contributed by atoms with E-state index in [0.29, 0.717) is 0 Å². The number of carboxylic acids is 1. The van der Waals surface area contributed by atoms with Crippen LogP contribution in [-0.4, -0.2) is 16.2 Å². The van der Waals surface area contributed by atoms with Gasteiger partial charge in [-0.2, -0.15) is 5.10 Å². The van der Waals surface area contributed by atoms with E-state index >= 15 is 0 Å². The van der Waals surface area contributed by atoms with Crippen molar-refractivity contribution in [1.82, 2.24) is 0 Å². The Morgan fingerprint density at radius 3 is 2.80 bits per heavy atom. The first-order valence-electron chi connectivity index (χ1n) is 4.45. The Bertz CT molecular complexity index is 391. The highest BCUT2D eigenvalue weighted by Crippen LogP contribution is 2.15. The number of hydrogen-bond donors (Lipinski definition) is 2. The summed E-state index contributed by atoms with van der Waals surface area (Å²) in [7, 11) is 0. The van der Waals surface area contributed by atoms with Crippen molar-refractivity contribution < 1.29 is 9.90 Å². The van der Waals surface area contributed by atoms with E-state index in [0.717, 1.165) is 17.7 Å². The Kier molecular flexibility index (Phi) is 4.12. The van der Waals surface area contributed by atoms with Crippen LogP contribution in [0.1, 0.15) is 12.5 Å². The Morgan fingerprint density at radius 1 is 1.53 bits per heavy atom. The molecule has 0 heterocycles. The summed E-state index contributed by atoms with van der Waals surface area (Å²) in [4.78, 5) is 10.4. The molecular weight excluding hydrogens is 216 g/mol. The van der Waals surface area contributed by atoms with Gasteiger partial charge < -0.3 is 5.11 Å². The standard InChI is InChI=1S/C10H11ClN2O2/c1-2-7-5-3-4-6-8(7)12-13-9(11)10(14)15/h3-6,12H,2H2,1H3,(H,14,15)/b13-9+. The van der Waals surface area contributed by atoms with E-state index in [2.05, 4.69) is 10.5 Å². The smallest absolute Gasteiger partial charge is 0.368 e. The van der Waals surface area contributed by atoms with Gasteiger partial charge in [0.05, 0.1) is 5.69 Å². The number of para-hydroxylation sites is 1. The Balaban J connectivity index is 2.81. The largest absolute Gasteiger partial charge is 0.476 e. The molecule has 0 atom stereocenters. The third kappa shape index (κ3) is 3.25. The molecule has 15 heavy (non-hydrogen) atoms. The molecule has 0 aliphatic carbocycles. The molecule has 0 saturated heterocycles. The van der Waals surface area contributed by atoms with Gasteiger partial charge in [-0.1, -0.05) is 36.7 Å². The van der Waals surface area contributed by atoms with Crippen LogP contribution in [0.5, 0.6) is 0 Å². The first-order valence-corrected chi connectivity index (χ1v) is 4.83. The number of hydrazone groups is 1. The zero-order valence-electron chi connectivity index (χ0n) is 8.20. The lowest BCUT2D eigenvalue weighted by atomic mass is 10.1. The normalized spacial score (nSPS) is 11.2. The molecule has 0 amide bonds. The van der Waals surface area contributed by atoms with Crippen molar-refractivity contribution in [3.05, 3.63) is 29.8 Å². The molecule has 0 unspecified atom stereocenters. The van der Waals surface area contributed by atoms with Gasteiger partial charge in [0.15, 0.2) is 0 Å². The number of aryl methyl sites for hydroxylation is 1. The van der Waals surface area contributed by atoms with Gasteiger partial charge in [-0.3, -0.25) is 5.43 Å². The summed E-state index contributed by atoms with van der Waals surface area (Å²) >= 11 is 5.35. The molecule has 5 heteroatoms. The molecule has 0 aliphatic rings. The highest BCUT2D eigenvalue weighted by molar-refractivity contribution is 6.81. The van der Waals surface area contributed by atoms with E-state index in [9.17, 15) is 4.79 Å². The molecule has 1 aromatic carbocycles. The molecule has 80 valence electrons. The Labute approximate surface area is 92.6 Å². The number of anilines is 1. The van der Waals surface area contributed by atoms with Crippen molar-refractivity contribution >= 4 is 28.4 Å². The SMILES string of the molecule is CCc1ccccc1N/N=C(/Cl)C(=O)O. The second kappa shape index (κ2) is 5.36. The van der Waals surface area contributed by atoms with Crippen LogP contribution in [0.25, 0.3) is 0 Å². The summed E-state index contributed by atoms with van der Waals surface area (Å²) in [5.74, 6) is -1.25. The van der Waals surface area contributed by atoms with Crippen molar-refractivity contribution in [1.29, 1.82) is 0 Å². The highest BCUT2D eigenvalue weighted by Gasteiger charge is 2.04. The monoisotopic (exact) mass is 226 g/mol. The number of nitrogens with zero attached hydrogens (tertiary/aromatic N) is 1. The van der Waals surface area contributed by atoms with Crippen LogP contribution in [0.15, 0.2) is 29.4 Å². The van der Waals surface area contributed by atoms with Crippen molar-refractivity contribution in [3.63, 3.8) is 0 Å². The summed E-state index contributed by atoms with van der Waals surface area (Å²) in [6.45, 7) is 2.00. The fourth-order valence-corrected chi connectivity index (χ4v) is 1.14. The Morgan fingerprint density at radius 2 is 2.20 bits per heavy atom. The predicted octanol–water partition coefficient (Wildman–Crippen LogP) is 2.30. The number of rotatable bonds is 4. The average Bonchev–Trinajstić information content (AvgIpc) is 2.26. The van der Waals surface area contributed by atoms with Crippen molar-refractivity contribution in [3.8, 4) is 0 Å². The van der Waals surface area contributed by atoms with Crippen LogP contribution in [0.2, 0.25) is 0 Å². The van der Waals surface area contributed by atoms with Gasteiger partial charge in [-0.15, -0.1) is 0 Å². The van der Waals surface area contributed by atoms with Crippen LogP contribution in [0.4, 0.5) is 5.69 Å². The van der Waals surface area contributed by atoms with Crippen LogP contribution in [-0.2, 0) is 11.2 Å². The van der Waals surface area contributed by atoms with Crippen molar-refractivity contribution in [2.75, 3.05) is 5.43 Å². The summed E-state index contributed by atoms with van der Waals surface area (Å²) in [6.07, 6.45) is 0.837. The first kappa shape index (κ1) is 11.5. The molecule has 4 nitrogen and oxygen atoms in total.